The van der Waals surface area contributed by atoms with Crippen molar-refractivity contribution in [2.75, 3.05) is 0 Å². The second-order valence-electron chi connectivity index (χ2n) is 4.19. The lowest BCUT2D eigenvalue weighted by Gasteiger charge is -2.15. The SMILES string of the molecule is CC(C)(C(=O)O)c1cc2c(Br)cccc2o1. The average molecular weight is 283 g/mol. The summed E-state index contributed by atoms with van der Waals surface area (Å²) in [5, 5.41) is 10.0. The first kappa shape index (κ1) is 11.2. The predicted molar refractivity (Wildman–Crippen MR) is 64.6 cm³/mol. The second-order valence-corrected chi connectivity index (χ2v) is 5.05. The van der Waals surface area contributed by atoms with Gasteiger partial charge >= 0.3 is 5.97 Å². The van der Waals surface area contributed by atoms with E-state index in [1.54, 1.807) is 19.9 Å². The third-order valence-corrected chi connectivity index (χ3v) is 3.35. The Morgan fingerprint density at radius 1 is 1.44 bits per heavy atom. The van der Waals surface area contributed by atoms with Crippen molar-refractivity contribution in [3.05, 3.63) is 34.5 Å². The second kappa shape index (κ2) is 3.63. The van der Waals surface area contributed by atoms with Crippen LogP contribution in [0.4, 0.5) is 0 Å². The summed E-state index contributed by atoms with van der Waals surface area (Å²) in [7, 11) is 0. The van der Waals surface area contributed by atoms with E-state index in [-0.39, 0.29) is 0 Å². The fraction of sp³-hybridized carbons (Fsp3) is 0.250. The number of hydrogen-bond donors (Lipinski definition) is 1. The minimum absolute atomic E-state index is 0.460. The summed E-state index contributed by atoms with van der Waals surface area (Å²) in [4.78, 5) is 11.1. The summed E-state index contributed by atoms with van der Waals surface area (Å²) in [5.41, 5.74) is -0.322. The van der Waals surface area contributed by atoms with Crippen molar-refractivity contribution in [2.45, 2.75) is 19.3 Å². The summed E-state index contributed by atoms with van der Waals surface area (Å²) < 4.78 is 6.47. The van der Waals surface area contributed by atoms with Gasteiger partial charge in [0.2, 0.25) is 0 Å². The van der Waals surface area contributed by atoms with E-state index in [1.165, 1.54) is 0 Å². The first-order chi connectivity index (χ1) is 7.43. The highest BCUT2D eigenvalue weighted by Gasteiger charge is 2.33. The van der Waals surface area contributed by atoms with Crippen LogP contribution in [0.1, 0.15) is 19.6 Å². The molecule has 0 fully saturated rings. The summed E-state index contributed by atoms with van der Waals surface area (Å²) in [6.07, 6.45) is 0. The highest BCUT2D eigenvalue weighted by molar-refractivity contribution is 9.10. The van der Waals surface area contributed by atoms with Crippen LogP contribution in [-0.2, 0) is 10.2 Å². The Balaban J connectivity index is 2.64. The molecule has 2 aromatic rings. The number of fused-ring (bicyclic) bond motifs is 1. The topological polar surface area (TPSA) is 50.4 Å². The molecule has 84 valence electrons. The van der Waals surface area contributed by atoms with Crippen LogP contribution < -0.4 is 0 Å². The van der Waals surface area contributed by atoms with E-state index in [1.807, 2.05) is 18.2 Å². The van der Waals surface area contributed by atoms with E-state index in [0.29, 0.717) is 11.3 Å². The van der Waals surface area contributed by atoms with E-state index in [4.69, 9.17) is 9.52 Å². The fourth-order valence-electron chi connectivity index (χ4n) is 1.44. The number of furan rings is 1. The third kappa shape index (κ3) is 1.63. The van der Waals surface area contributed by atoms with Crippen LogP contribution in [0.3, 0.4) is 0 Å². The van der Waals surface area contributed by atoms with Gasteiger partial charge in [-0.25, -0.2) is 0 Å². The molecule has 0 bridgehead atoms. The van der Waals surface area contributed by atoms with Gasteiger partial charge in [0, 0.05) is 9.86 Å². The molecule has 4 heteroatoms. The van der Waals surface area contributed by atoms with Crippen LogP contribution in [0.15, 0.2) is 33.2 Å². The van der Waals surface area contributed by atoms with E-state index < -0.39 is 11.4 Å². The zero-order valence-electron chi connectivity index (χ0n) is 8.95. The Hall–Kier alpha value is -1.29. The Labute approximate surface area is 101 Å². The Bertz CT molecular complexity index is 554. The molecule has 0 saturated heterocycles. The molecule has 3 nitrogen and oxygen atoms in total. The Morgan fingerprint density at radius 2 is 2.12 bits per heavy atom. The number of carboxylic acid groups (broad SMARTS) is 1. The first-order valence-corrected chi connectivity index (χ1v) is 5.64. The van der Waals surface area contributed by atoms with Crippen molar-refractivity contribution in [1.29, 1.82) is 0 Å². The summed E-state index contributed by atoms with van der Waals surface area (Å²) in [5.74, 6) is -0.440. The highest BCUT2D eigenvalue weighted by atomic mass is 79.9. The molecule has 1 aromatic heterocycles. The van der Waals surface area contributed by atoms with Gasteiger partial charge in [-0.05, 0) is 32.0 Å². The lowest BCUT2D eigenvalue weighted by molar-refractivity contribution is -0.143. The molecule has 16 heavy (non-hydrogen) atoms. The van der Waals surface area contributed by atoms with Gasteiger partial charge < -0.3 is 9.52 Å². The van der Waals surface area contributed by atoms with Crippen LogP contribution in [0.5, 0.6) is 0 Å². The quantitative estimate of drug-likeness (QED) is 0.916. The fourth-order valence-corrected chi connectivity index (χ4v) is 1.90. The standard InChI is InChI=1S/C12H11BrO3/c1-12(2,11(14)15)10-6-7-8(13)4-3-5-9(7)16-10/h3-6H,1-2H3,(H,14,15). The highest BCUT2D eigenvalue weighted by Crippen LogP contribution is 2.33. The number of benzene rings is 1. The number of aliphatic carboxylic acids is 1. The monoisotopic (exact) mass is 282 g/mol. The molecule has 0 spiro atoms. The third-order valence-electron chi connectivity index (χ3n) is 2.66. The first-order valence-electron chi connectivity index (χ1n) is 4.85. The van der Waals surface area contributed by atoms with Crippen molar-refractivity contribution < 1.29 is 14.3 Å². The lowest BCUT2D eigenvalue weighted by atomic mass is 9.90. The lowest BCUT2D eigenvalue weighted by Crippen LogP contribution is -2.27. The molecule has 1 heterocycles. The largest absolute Gasteiger partial charge is 0.481 e. The average Bonchev–Trinajstić information content (AvgIpc) is 2.63. The molecule has 0 unspecified atom stereocenters. The van der Waals surface area contributed by atoms with Crippen LogP contribution in [0, 0.1) is 0 Å². The van der Waals surface area contributed by atoms with Gasteiger partial charge in [-0.3, -0.25) is 4.79 Å². The normalized spacial score (nSPS) is 11.9. The Morgan fingerprint density at radius 3 is 2.69 bits per heavy atom. The summed E-state index contributed by atoms with van der Waals surface area (Å²) in [6, 6.07) is 7.35. The maximum atomic E-state index is 11.1. The zero-order chi connectivity index (χ0) is 11.9. The van der Waals surface area contributed by atoms with Gasteiger partial charge in [-0.2, -0.15) is 0 Å². The number of rotatable bonds is 2. The zero-order valence-corrected chi connectivity index (χ0v) is 10.5. The molecule has 2 rings (SSSR count). The summed E-state index contributed by atoms with van der Waals surface area (Å²) >= 11 is 3.41. The molecule has 0 radical (unpaired) electrons. The van der Waals surface area contributed by atoms with Gasteiger partial charge in [0.1, 0.15) is 16.8 Å². The van der Waals surface area contributed by atoms with Gasteiger partial charge in [-0.15, -0.1) is 0 Å². The van der Waals surface area contributed by atoms with Crippen LogP contribution in [0.2, 0.25) is 0 Å². The van der Waals surface area contributed by atoms with Gasteiger partial charge in [0.25, 0.3) is 0 Å². The molecule has 0 saturated carbocycles. The van der Waals surface area contributed by atoms with Crippen molar-refractivity contribution in [3.8, 4) is 0 Å². The molecule has 0 atom stereocenters. The van der Waals surface area contributed by atoms with Crippen molar-refractivity contribution in [2.24, 2.45) is 0 Å². The van der Waals surface area contributed by atoms with Crippen molar-refractivity contribution in [1.82, 2.24) is 0 Å². The molecule has 0 amide bonds. The number of halogens is 1. The van der Waals surface area contributed by atoms with Gasteiger partial charge in [0.05, 0.1) is 0 Å². The minimum Gasteiger partial charge on any atom is -0.481 e. The number of carboxylic acids is 1. The Kier molecular flexibility index (Phi) is 2.54. The molecule has 0 aliphatic heterocycles. The van der Waals surface area contributed by atoms with E-state index >= 15 is 0 Å². The minimum atomic E-state index is -1.02. The molecule has 1 N–H and O–H groups in total. The summed E-state index contributed by atoms with van der Waals surface area (Å²) in [6.45, 7) is 3.25. The molecular weight excluding hydrogens is 272 g/mol. The molecular formula is C12H11BrO3. The van der Waals surface area contributed by atoms with E-state index in [0.717, 1.165) is 9.86 Å². The van der Waals surface area contributed by atoms with Gasteiger partial charge in [0.15, 0.2) is 0 Å². The molecule has 0 aliphatic carbocycles. The maximum Gasteiger partial charge on any atom is 0.316 e. The maximum absolute atomic E-state index is 11.1. The van der Waals surface area contributed by atoms with Crippen LogP contribution in [-0.4, -0.2) is 11.1 Å². The van der Waals surface area contributed by atoms with E-state index in [9.17, 15) is 4.79 Å². The van der Waals surface area contributed by atoms with Crippen molar-refractivity contribution >= 4 is 32.9 Å². The van der Waals surface area contributed by atoms with Gasteiger partial charge in [-0.1, -0.05) is 22.0 Å². The number of carbonyl (C=O) groups is 1. The van der Waals surface area contributed by atoms with Crippen LogP contribution in [0.25, 0.3) is 11.0 Å². The number of hydrogen-bond acceptors (Lipinski definition) is 2. The smallest absolute Gasteiger partial charge is 0.316 e. The van der Waals surface area contributed by atoms with E-state index in [2.05, 4.69) is 15.9 Å². The molecule has 1 aromatic carbocycles. The van der Waals surface area contributed by atoms with Crippen LogP contribution >= 0.6 is 15.9 Å². The molecule has 0 aliphatic rings. The predicted octanol–water partition coefficient (Wildman–Crippen LogP) is 3.56. The van der Waals surface area contributed by atoms with Crippen molar-refractivity contribution in [3.63, 3.8) is 0 Å².